The van der Waals surface area contributed by atoms with Crippen molar-refractivity contribution in [3.8, 4) is 0 Å². The standard InChI is InChI=1S/C62H107NO10/c1-4-7-10-13-16-19-22-24-26-27-28-29-30-32-35-38-41-44-47-50-57(67)73-60-59(69)58(68)56(51-64)72-62(60)71-52-53(54(65)48-45-42-39-36-33-21-18-15-12-9-6-3)63-61(70)55(66)49-46-43-40-37-34-31-25-23-20-17-14-11-8-5-2/h7,10,16,19,24,26,28-29,32,35,41,44-45,48,53-56,58-60,62,64-66,68-69H,4-6,8-9,11-15,17-18,20-23,25,27,30-31,33-34,36-40,42-43,46-47,49-52H2,1-3H3,(H,63,70)/b10-7-,19-16-,26-24-,29-28-,35-32-,44-41-,48-45+. The molecule has 0 saturated carbocycles. The topological polar surface area (TPSA) is 175 Å². The highest BCUT2D eigenvalue weighted by Crippen LogP contribution is 2.26. The number of hydrogen-bond acceptors (Lipinski definition) is 10. The van der Waals surface area contributed by atoms with Crippen LogP contribution in [0.5, 0.6) is 0 Å². The van der Waals surface area contributed by atoms with E-state index in [1.165, 1.54) is 103 Å². The van der Waals surface area contributed by atoms with E-state index in [-0.39, 0.29) is 19.4 Å². The lowest BCUT2D eigenvalue weighted by Gasteiger charge is -2.41. The first-order chi connectivity index (χ1) is 35.7. The predicted octanol–water partition coefficient (Wildman–Crippen LogP) is 13.4. The van der Waals surface area contributed by atoms with Crippen molar-refractivity contribution in [1.82, 2.24) is 5.32 Å². The van der Waals surface area contributed by atoms with Crippen molar-refractivity contribution in [3.63, 3.8) is 0 Å². The Morgan fingerprint density at radius 2 is 0.986 bits per heavy atom. The number of allylic oxidation sites excluding steroid dienone is 13. The Hall–Kier alpha value is -3.16. The summed E-state index contributed by atoms with van der Waals surface area (Å²) in [6.07, 6.45) is 53.5. The number of esters is 1. The molecule has 1 fully saturated rings. The van der Waals surface area contributed by atoms with Crippen LogP contribution in [0.25, 0.3) is 0 Å². The van der Waals surface area contributed by atoms with Crippen LogP contribution < -0.4 is 5.32 Å². The predicted molar refractivity (Wildman–Crippen MR) is 301 cm³/mol. The lowest BCUT2D eigenvalue weighted by Crippen LogP contribution is -2.61. The molecule has 11 heteroatoms. The Kier molecular flexibility index (Phi) is 46.2. The van der Waals surface area contributed by atoms with Crippen molar-refractivity contribution in [1.29, 1.82) is 0 Å². The fourth-order valence-corrected chi connectivity index (χ4v) is 8.68. The second-order valence-corrected chi connectivity index (χ2v) is 20.0. The maximum atomic E-state index is 13.4. The van der Waals surface area contributed by atoms with Gasteiger partial charge < -0.3 is 45.1 Å². The van der Waals surface area contributed by atoms with Crippen LogP contribution in [-0.2, 0) is 23.8 Å². The summed E-state index contributed by atoms with van der Waals surface area (Å²) in [7, 11) is 0. The number of amides is 1. The molecule has 0 aromatic heterocycles. The van der Waals surface area contributed by atoms with Gasteiger partial charge in [-0.05, 0) is 64.2 Å². The van der Waals surface area contributed by atoms with Gasteiger partial charge in [-0.15, -0.1) is 0 Å². The second kappa shape index (κ2) is 49.7. The summed E-state index contributed by atoms with van der Waals surface area (Å²) in [6, 6.07) is -1.04. The van der Waals surface area contributed by atoms with Gasteiger partial charge in [0.15, 0.2) is 12.4 Å². The molecule has 0 aliphatic carbocycles. The van der Waals surface area contributed by atoms with Crippen molar-refractivity contribution in [2.75, 3.05) is 13.2 Å². The average molecular weight is 1030 g/mol. The van der Waals surface area contributed by atoms with E-state index in [9.17, 15) is 35.1 Å². The molecule has 8 unspecified atom stereocenters. The number of carbonyl (C=O) groups is 2. The van der Waals surface area contributed by atoms with Gasteiger partial charge in [0.1, 0.15) is 24.4 Å². The molecule has 1 saturated heterocycles. The molecule has 420 valence electrons. The zero-order chi connectivity index (χ0) is 53.3. The van der Waals surface area contributed by atoms with Crippen LogP contribution in [0.3, 0.4) is 0 Å². The first-order valence-electron chi connectivity index (χ1n) is 29.4. The van der Waals surface area contributed by atoms with Gasteiger partial charge >= 0.3 is 5.97 Å². The van der Waals surface area contributed by atoms with E-state index >= 15 is 0 Å². The van der Waals surface area contributed by atoms with Gasteiger partial charge in [0.05, 0.1) is 25.4 Å². The van der Waals surface area contributed by atoms with Gasteiger partial charge in [-0.25, -0.2) is 0 Å². The first-order valence-corrected chi connectivity index (χ1v) is 29.4. The molecule has 0 radical (unpaired) electrons. The third-order valence-electron chi connectivity index (χ3n) is 13.3. The van der Waals surface area contributed by atoms with Gasteiger partial charge in [-0.1, -0.05) is 247 Å². The molecule has 11 nitrogen and oxygen atoms in total. The number of nitrogens with one attached hydrogen (secondary N) is 1. The minimum Gasteiger partial charge on any atom is -0.454 e. The third-order valence-corrected chi connectivity index (χ3v) is 13.3. The molecular weight excluding hydrogens is 919 g/mol. The Morgan fingerprint density at radius 1 is 0.548 bits per heavy atom. The summed E-state index contributed by atoms with van der Waals surface area (Å²) in [4.78, 5) is 26.4. The zero-order valence-electron chi connectivity index (χ0n) is 46.2. The maximum Gasteiger partial charge on any atom is 0.306 e. The number of aliphatic hydroxyl groups is 5. The number of unbranched alkanes of at least 4 members (excludes halogenated alkanes) is 22. The number of aliphatic hydroxyl groups excluding tert-OH is 5. The molecule has 73 heavy (non-hydrogen) atoms. The lowest BCUT2D eigenvalue weighted by molar-refractivity contribution is -0.305. The van der Waals surface area contributed by atoms with Crippen molar-refractivity contribution in [2.45, 2.75) is 282 Å². The van der Waals surface area contributed by atoms with Gasteiger partial charge in [-0.2, -0.15) is 0 Å². The largest absolute Gasteiger partial charge is 0.454 e. The van der Waals surface area contributed by atoms with E-state index < -0.39 is 67.4 Å². The average Bonchev–Trinajstić information content (AvgIpc) is 3.39. The number of carbonyl (C=O) groups excluding carboxylic acids is 2. The summed E-state index contributed by atoms with van der Waals surface area (Å²) in [5.74, 6) is -1.29. The van der Waals surface area contributed by atoms with Crippen LogP contribution >= 0.6 is 0 Å². The number of hydrogen-bond donors (Lipinski definition) is 6. The summed E-state index contributed by atoms with van der Waals surface area (Å²) >= 11 is 0. The van der Waals surface area contributed by atoms with Crippen molar-refractivity contribution >= 4 is 11.9 Å². The molecular formula is C62H107NO10. The molecule has 0 aromatic carbocycles. The van der Waals surface area contributed by atoms with E-state index in [1.54, 1.807) is 6.08 Å². The number of rotatable bonds is 48. The Labute approximate surface area is 444 Å². The van der Waals surface area contributed by atoms with Crippen LogP contribution in [0.2, 0.25) is 0 Å². The van der Waals surface area contributed by atoms with Crippen LogP contribution in [0.4, 0.5) is 0 Å². The summed E-state index contributed by atoms with van der Waals surface area (Å²) in [5, 5.41) is 56.8. The summed E-state index contributed by atoms with van der Waals surface area (Å²) in [5.41, 5.74) is 0. The van der Waals surface area contributed by atoms with E-state index in [4.69, 9.17) is 14.2 Å². The lowest BCUT2D eigenvalue weighted by atomic mass is 9.99. The monoisotopic (exact) mass is 1030 g/mol. The number of ether oxygens (including phenoxy) is 3. The van der Waals surface area contributed by atoms with E-state index in [2.05, 4.69) is 86.8 Å². The Morgan fingerprint density at radius 3 is 1.45 bits per heavy atom. The molecule has 0 spiro atoms. The fraction of sp³-hybridized carbons (Fsp3) is 0.742. The van der Waals surface area contributed by atoms with Gasteiger partial charge in [0.2, 0.25) is 5.91 Å². The molecule has 1 aliphatic rings. The molecule has 6 N–H and O–H groups in total. The quantitative estimate of drug-likeness (QED) is 0.0195. The SMILES string of the molecule is CC/C=C\C/C=C\C/C=C\C/C=C\C/C=C\C/C=C\CCC(=O)OC1C(OCC(NC(=O)C(O)CCCCCCCCCCCCCCCC)C(O)/C=C/CCCCCCCCCCC)OC(CO)C(O)C1O. The third kappa shape index (κ3) is 38.1. The molecule has 1 aliphatic heterocycles. The summed E-state index contributed by atoms with van der Waals surface area (Å²) in [6.45, 7) is 5.62. The normalized spacial score (nSPS) is 20.0. The Bertz CT molecular complexity index is 1510. The second-order valence-electron chi connectivity index (χ2n) is 20.0. The fourth-order valence-electron chi connectivity index (χ4n) is 8.68. The first kappa shape index (κ1) is 67.9. The zero-order valence-corrected chi connectivity index (χ0v) is 46.2. The van der Waals surface area contributed by atoms with E-state index in [0.29, 0.717) is 19.3 Å². The molecule has 1 rings (SSSR count). The van der Waals surface area contributed by atoms with Crippen molar-refractivity contribution in [2.24, 2.45) is 0 Å². The molecule has 1 heterocycles. The van der Waals surface area contributed by atoms with Crippen molar-refractivity contribution in [3.05, 3.63) is 85.1 Å². The van der Waals surface area contributed by atoms with Crippen LogP contribution in [0.15, 0.2) is 85.1 Å². The van der Waals surface area contributed by atoms with Crippen LogP contribution in [-0.4, -0.2) is 99.6 Å². The molecule has 8 atom stereocenters. The van der Waals surface area contributed by atoms with Crippen molar-refractivity contribution < 1.29 is 49.3 Å². The molecule has 1 amide bonds. The highest BCUT2D eigenvalue weighted by molar-refractivity contribution is 5.80. The van der Waals surface area contributed by atoms with Gasteiger partial charge in [0.25, 0.3) is 0 Å². The molecule has 0 bridgehead atoms. The smallest absolute Gasteiger partial charge is 0.306 e. The maximum absolute atomic E-state index is 13.4. The minimum absolute atomic E-state index is 0.00399. The summed E-state index contributed by atoms with van der Waals surface area (Å²) < 4.78 is 17.5. The van der Waals surface area contributed by atoms with E-state index in [0.717, 1.165) is 77.0 Å². The minimum atomic E-state index is -1.65. The van der Waals surface area contributed by atoms with Gasteiger partial charge in [-0.3, -0.25) is 9.59 Å². The highest BCUT2D eigenvalue weighted by Gasteiger charge is 2.47. The van der Waals surface area contributed by atoms with Crippen LogP contribution in [0.1, 0.15) is 233 Å². The van der Waals surface area contributed by atoms with Crippen LogP contribution in [0, 0.1) is 0 Å². The van der Waals surface area contributed by atoms with Gasteiger partial charge in [0, 0.05) is 6.42 Å². The highest BCUT2D eigenvalue weighted by atomic mass is 16.7. The Balaban J connectivity index is 2.75. The molecule has 0 aromatic rings. The van der Waals surface area contributed by atoms with E-state index in [1.807, 2.05) is 18.2 Å².